The fourth-order valence-corrected chi connectivity index (χ4v) is 3.70. The van der Waals surface area contributed by atoms with Gasteiger partial charge in [0.1, 0.15) is 11.5 Å². The molecule has 32 heavy (non-hydrogen) atoms. The molecule has 0 aliphatic carbocycles. The second-order valence-corrected chi connectivity index (χ2v) is 6.85. The number of ether oxygens (including phenoxy) is 4. The van der Waals surface area contributed by atoms with Gasteiger partial charge < -0.3 is 23.4 Å². The second kappa shape index (κ2) is 8.72. The monoisotopic (exact) mass is 457 g/mol. The Bertz CT molecular complexity index is 1320. The van der Waals surface area contributed by atoms with Gasteiger partial charge >= 0.3 is 5.69 Å². The number of anilines is 1. The summed E-state index contributed by atoms with van der Waals surface area (Å²) in [6.45, 7) is 0. The van der Waals surface area contributed by atoms with E-state index >= 15 is 0 Å². The summed E-state index contributed by atoms with van der Waals surface area (Å²) in [5.41, 5.74) is 2.38. The Kier molecular flexibility index (Phi) is 5.83. The van der Waals surface area contributed by atoms with Gasteiger partial charge in [-0.2, -0.15) is 0 Å². The summed E-state index contributed by atoms with van der Waals surface area (Å²) in [5, 5.41) is 0.602. The number of hydrogen-bond donors (Lipinski definition) is 2. The number of nitrogens with one attached hydrogen (secondary N) is 2. The highest BCUT2D eigenvalue weighted by Gasteiger charge is 2.23. The van der Waals surface area contributed by atoms with Crippen LogP contribution in [0.5, 0.6) is 23.0 Å². The highest BCUT2D eigenvalue weighted by molar-refractivity contribution is 6.24. The first-order valence-corrected chi connectivity index (χ1v) is 9.79. The molecule has 2 aromatic heterocycles. The molecule has 0 fully saturated rings. The van der Waals surface area contributed by atoms with E-state index in [4.69, 9.17) is 35.1 Å². The van der Waals surface area contributed by atoms with Gasteiger partial charge in [-0.05, 0) is 35.9 Å². The van der Waals surface area contributed by atoms with Crippen molar-refractivity contribution in [1.82, 2.24) is 9.97 Å². The molecule has 0 unspecified atom stereocenters. The maximum atomic E-state index is 11.8. The molecule has 0 aliphatic heterocycles. The van der Waals surface area contributed by atoms with Crippen molar-refractivity contribution in [3.05, 3.63) is 47.0 Å². The molecular weight excluding hydrogens is 438 g/mol. The van der Waals surface area contributed by atoms with Crippen LogP contribution in [-0.4, -0.2) is 38.4 Å². The van der Waals surface area contributed by atoms with Crippen molar-refractivity contribution in [3.8, 4) is 45.4 Å². The molecular formula is C22H20ClN3O6. The van der Waals surface area contributed by atoms with Crippen molar-refractivity contribution in [2.45, 2.75) is 0 Å². The van der Waals surface area contributed by atoms with Crippen LogP contribution in [0.1, 0.15) is 0 Å². The van der Waals surface area contributed by atoms with E-state index in [-0.39, 0.29) is 5.71 Å². The van der Waals surface area contributed by atoms with Crippen molar-refractivity contribution in [2.24, 2.45) is 0 Å². The number of aromatic amines is 1. The lowest BCUT2D eigenvalue weighted by molar-refractivity contribution is 0.324. The summed E-state index contributed by atoms with van der Waals surface area (Å²) < 4.78 is 27.8. The Morgan fingerprint density at radius 1 is 0.938 bits per heavy atom. The number of methoxy groups -OCH3 is 4. The summed E-state index contributed by atoms with van der Waals surface area (Å²) in [4.78, 5) is 20.9. The van der Waals surface area contributed by atoms with Gasteiger partial charge in [-0.3, -0.25) is 9.82 Å². The average Bonchev–Trinajstić information content (AvgIpc) is 3.20. The number of rotatable bonds is 7. The quantitative estimate of drug-likeness (QED) is 0.392. The summed E-state index contributed by atoms with van der Waals surface area (Å²) >= 11 is 5.87. The smallest absolute Gasteiger partial charge is 0.347 e. The van der Waals surface area contributed by atoms with Crippen LogP contribution in [0.4, 0.5) is 5.69 Å². The van der Waals surface area contributed by atoms with Crippen molar-refractivity contribution in [3.63, 3.8) is 0 Å². The molecule has 0 saturated carbocycles. The van der Waals surface area contributed by atoms with E-state index in [0.29, 0.717) is 56.5 Å². The molecule has 9 nitrogen and oxygen atoms in total. The van der Waals surface area contributed by atoms with E-state index in [9.17, 15) is 4.79 Å². The maximum absolute atomic E-state index is 11.8. The van der Waals surface area contributed by atoms with Gasteiger partial charge in [0.2, 0.25) is 11.5 Å². The Morgan fingerprint density at radius 3 is 2.22 bits per heavy atom. The molecule has 0 aliphatic rings. The molecule has 0 atom stereocenters. The fourth-order valence-electron chi connectivity index (χ4n) is 3.55. The Labute approximate surface area is 188 Å². The summed E-state index contributed by atoms with van der Waals surface area (Å²) in [6, 6.07) is 8.94. The van der Waals surface area contributed by atoms with Gasteiger partial charge in [-0.15, -0.1) is 0 Å². The standard InChI is InChI=1S/C22H20ClN3O6/c1-28-15-6-5-11(7-14(15)26-23)19-18(13-10-24-22(27)25-21(13)32-19)12-8-16(29-2)20(31-4)17(9-12)30-3/h5-10,26H,1-4H3,(H,24,25,27). The van der Waals surface area contributed by atoms with E-state index in [0.717, 1.165) is 0 Å². The van der Waals surface area contributed by atoms with Crippen molar-refractivity contribution in [1.29, 1.82) is 0 Å². The lowest BCUT2D eigenvalue weighted by Gasteiger charge is -2.14. The van der Waals surface area contributed by atoms with E-state index < -0.39 is 5.69 Å². The van der Waals surface area contributed by atoms with Crippen LogP contribution in [-0.2, 0) is 0 Å². The third-order valence-corrected chi connectivity index (χ3v) is 5.20. The van der Waals surface area contributed by atoms with Gasteiger partial charge in [0.05, 0.1) is 39.5 Å². The first-order chi connectivity index (χ1) is 15.5. The number of H-pyrrole nitrogens is 1. The Balaban J connectivity index is 2.05. The zero-order valence-electron chi connectivity index (χ0n) is 17.7. The molecule has 2 heterocycles. The number of halogens is 1. The molecule has 0 amide bonds. The van der Waals surface area contributed by atoms with E-state index in [1.807, 2.05) is 6.07 Å². The molecule has 2 N–H and O–H groups in total. The average molecular weight is 458 g/mol. The zero-order chi connectivity index (χ0) is 22.8. The summed E-state index contributed by atoms with van der Waals surface area (Å²) in [5.74, 6) is 2.44. The molecule has 2 aromatic carbocycles. The highest BCUT2D eigenvalue weighted by Crippen LogP contribution is 2.47. The minimum absolute atomic E-state index is 0.278. The molecule has 10 heteroatoms. The van der Waals surface area contributed by atoms with Crippen LogP contribution in [0, 0.1) is 0 Å². The minimum atomic E-state index is -0.521. The third kappa shape index (κ3) is 3.56. The normalized spacial score (nSPS) is 10.8. The van der Waals surface area contributed by atoms with Crippen molar-refractivity contribution < 1.29 is 23.4 Å². The predicted octanol–water partition coefficient (Wildman–Crippen LogP) is 4.45. The number of benzene rings is 2. The molecule has 0 spiro atoms. The Hall–Kier alpha value is -3.85. The van der Waals surface area contributed by atoms with Crippen LogP contribution < -0.4 is 29.5 Å². The van der Waals surface area contributed by atoms with Gasteiger partial charge in [-0.1, -0.05) is 0 Å². The molecule has 4 rings (SSSR count). The topological polar surface area (TPSA) is 108 Å². The highest BCUT2D eigenvalue weighted by atomic mass is 35.5. The first kappa shape index (κ1) is 21.4. The number of nitrogens with zero attached hydrogens (tertiary/aromatic N) is 1. The lowest BCUT2D eigenvalue weighted by atomic mass is 9.98. The van der Waals surface area contributed by atoms with Crippen LogP contribution >= 0.6 is 11.8 Å². The minimum Gasteiger partial charge on any atom is -0.495 e. The van der Waals surface area contributed by atoms with E-state index in [1.165, 1.54) is 27.5 Å². The van der Waals surface area contributed by atoms with Crippen molar-refractivity contribution >= 4 is 28.6 Å². The van der Waals surface area contributed by atoms with Gasteiger partial charge in [0.15, 0.2) is 11.5 Å². The summed E-state index contributed by atoms with van der Waals surface area (Å²) in [7, 11) is 6.16. The van der Waals surface area contributed by atoms with E-state index in [1.54, 1.807) is 31.4 Å². The van der Waals surface area contributed by atoms with Crippen LogP contribution in [0.3, 0.4) is 0 Å². The molecule has 0 radical (unpaired) electrons. The number of aromatic nitrogens is 2. The van der Waals surface area contributed by atoms with Crippen LogP contribution in [0.2, 0.25) is 0 Å². The number of fused-ring (bicyclic) bond motifs is 1. The zero-order valence-corrected chi connectivity index (χ0v) is 18.5. The largest absolute Gasteiger partial charge is 0.495 e. The molecule has 4 aromatic rings. The van der Waals surface area contributed by atoms with Crippen LogP contribution in [0.25, 0.3) is 33.6 Å². The van der Waals surface area contributed by atoms with E-state index in [2.05, 4.69) is 14.8 Å². The number of furan rings is 1. The van der Waals surface area contributed by atoms with Gasteiger partial charge in [0.25, 0.3) is 0 Å². The molecule has 166 valence electrons. The second-order valence-electron chi connectivity index (χ2n) is 6.66. The van der Waals surface area contributed by atoms with Gasteiger partial charge in [0, 0.05) is 29.1 Å². The lowest BCUT2D eigenvalue weighted by Crippen LogP contribution is -2.07. The number of hydrogen-bond acceptors (Lipinski definition) is 8. The SMILES string of the molecule is COc1ccc(-c2oc3[nH]c(=O)ncc3c2-c2cc(OC)c(OC)c(OC)c2)cc1NCl. The Morgan fingerprint density at radius 2 is 1.62 bits per heavy atom. The molecule has 0 bridgehead atoms. The third-order valence-electron chi connectivity index (χ3n) is 4.99. The van der Waals surface area contributed by atoms with Gasteiger partial charge in [-0.25, -0.2) is 9.78 Å². The predicted molar refractivity (Wildman–Crippen MR) is 121 cm³/mol. The fraction of sp³-hybridized carbons (Fsp3) is 0.182. The molecule has 0 saturated heterocycles. The maximum Gasteiger partial charge on any atom is 0.347 e. The first-order valence-electron chi connectivity index (χ1n) is 9.41. The van der Waals surface area contributed by atoms with Crippen molar-refractivity contribution in [2.75, 3.05) is 33.3 Å². The summed E-state index contributed by atoms with van der Waals surface area (Å²) in [6.07, 6.45) is 1.46. The van der Waals surface area contributed by atoms with Crippen LogP contribution in [0.15, 0.2) is 45.7 Å².